The van der Waals surface area contributed by atoms with Crippen molar-refractivity contribution in [1.29, 1.82) is 5.26 Å². The molecule has 0 unspecified atom stereocenters. The highest BCUT2D eigenvalue weighted by Gasteiger charge is 2.45. The number of hydrogen-bond donors (Lipinski definition) is 2. The van der Waals surface area contributed by atoms with Crippen molar-refractivity contribution in [1.82, 2.24) is 25.1 Å². The number of rotatable bonds is 9. The number of nitrogens with zero attached hydrogens (tertiary/aromatic N) is 5. The van der Waals surface area contributed by atoms with Crippen molar-refractivity contribution < 1.29 is 13.5 Å². The van der Waals surface area contributed by atoms with Gasteiger partial charge in [-0.2, -0.15) is 15.3 Å². The summed E-state index contributed by atoms with van der Waals surface area (Å²) in [6.45, 7) is 6.73. The molecule has 11 heteroatoms. The number of halogens is 3. The Morgan fingerprint density at radius 2 is 1.94 bits per heavy atom. The topological polar surface area (TPSA) is 101 Å². The highest BCUT2D eigenvalue weighted by atomic mass is 35.5. The third-order valence-corrected chi connectivity index (χ3v) is 7.17. The SMILES string of the molecule is Cc1nn(C(C)(C)C#N)cc1Nc1ncc(Cl)c(OCC2CCC(CNC3CC(F)(F)C3)CC2)n1. The maximum Gasteiger partial charge on any atom is 0.251 e. The summed E-state index contributed by atoms with van der Waals surface area (Å²) in [5.41, 5.74) is 0.631. The lowest BCUT2D eigenvalue weighted by molar-refractivity contribution is -0.0934. The molecule has 0 aromatic carbocycles. The number of aromatic nitrogens is 4. The van der Waals surface area contributed by atoms with Gasteiger partial charge in [-0.15, -0.1) is 0 Å². The monoisotopic (exact) mass is 507 g/mol. The molecular formula is C24H32ClF2N7O. The second-order valence-electron chi connectivity index (χ2n) is 10.3. The first-order chi connectivity index (χ1) is 16.5. The summed E-state index contributed by atoms with van der Waals surface area (Å²) >= 11 is 6.27. The van der Waals surface area contributed by atoms with Crippen LogP contribution >= 0.6 is 11.6 Å². The lowest BCUT2D eigenvalue weighted by Crippen LogP contribution is -2.49. The first kappa shape index (κ1) is 25.6. The number of alkyl halides is 2. The average molecular weight is 508 g/mol. The van der Waals surface area contributed by atoms with E-state index >= 15 is 0 Å². The molecule has 2 aliphatic rings. The maximum absolute atomic E-state index is 13.0. The van der Waals surface area contributed by atoms with Crippen molar-refractivity contribution in [3.63, 3.8) is 0 Å². The molecule has 8 nitrogen and oxygen atoms in total. The molecule has 0 saturated heterocycles. The fraction of sp³-hybridized carbons (Fsp3) is 0.667. The van der Waals surface area contributed by atoms with E-state index < -0.39 is 11.5 Å². The minimum absolute atomic E-state index is 0.0352. The van der Waals surface area contributed by atoms with E-state index in [9.17, 15) is 14.0 Å². The molecule has 0 bridgehead atoms. The van der Waals surface area contributed by atoms with Gasteiger partial charge >= 0.3 is 0 Å². The van der Waals surface area contributed by atoms with E-state index in [-0.39, 0.29) is 18.9 Å². The van der Waals surface area contributed by atoms with Crippen LogP contribution < -0.4 is 15.4 Å². The zero-order valence-corrected chi connectivity index (χ0v) is 21.1. The van der Waals surface area contributed by atoms with E-state index in [2.05, 4.69) is 31.8 Å². The Morgan fingerprint density at radius 1 is 1.26 bits per heavy atom. The van der Waals surface area contributed by atoms with E-state index in [0.717, 1.165) is 32.2 Å². The average Bonchev–Trinajstić information content (AvgIpc) is 3.18. The molecule has 2 aromatic rings. The van der Waals surface area contributed by atoms with Gasteiger partial charge in [0.1, 0.15) is 10.6 Å². The Balaban J connectivity index is 1.26. The second kappa shape index (κ2) is 10.2. The van der Waals surface area contributed by atoms with Gasteiger partial charge in [-0.3, -0.25) is 4.68 Å². The van der Waals surface area contributed by atoms with E-state index in [1.165, 1.54) is 6.20 Å². The largest absolute Gasteiger partial charge is 0.476 e. The predicted octanol–water partition coefficient (Wildman–Crippen LogP) is 5.21. The van der Waals surface area contributed by atoms with Gasteiger partial charge in [0.2, 0.25) is 11.8 Å². The standard InChI is InChI=1S/C24H32ClF2N7O/c1-15-20(12-34(33-15)23(2,3)14-28)31-22-30-11-19(25)21(32-22)35-13-17-6-4-16(5-7-17)10-29-18-8-24(26,27)9-18/h11-12,16-18,29H,4-10,13H2,1-3H3,(H,30,31,32). The summed E-state index contributed by atoms with van der Waals surface area (Å²) in [7, 11) is 0. The first-order valence-electron chi connectivity index (χ1n) is 12.1. The summed E-state index contributed by atoms with van der Waals surface area (Å²) < 4.78 is 33.5. The number of nitrogens with one attached hydrogen (secondary N) is 2. The van der Waals surface area contributed by atoms with Crippen LogP contribution in [-0.4, -0.2) is 44.9 Å². The second-order valence-corrected chi connectivity index (χ2v) is 10.7. The van der Waals surface area contributed by atoms with E-state index in [1.54, 1.807) is 24.7 Å². The molecule has 190 valence electrons. The Bertz CT molecular complexity index is 1070. The zero-order valence-electron chi connectivity index (χ0n) is 20.3. The van der Waals surface area contributed by atoms with Crippen LogP contribution in [-0.2, 0) is 5.54 Å². The third-order valence-electron chi connectivity index (χ3n) is 6.91. The Labute approximate surface area is 209 Å². The van der Waals surface area contributed by atoms with E-state index in [4.69, 9.17) is 16.3 Å². The fourth-order valence-corrected chi connectivity index (χ4v) is 4.64. The van der Waals surface area contributed by atoms with Gasteiger partial charge in [-0.1, -0.05) is 11.6 Å². The predicted molar refractivity (Wildman–Crippen MR) is 129 cm³/mol. The van der Waals surface area contributed by atoms with Crippen molar-refractivity contribution in [2.45, 2.75) is 76.8 Å². The summed E-state index contributed by atoms with van der Waals surface area (Å²) in [6, 6.07) is 2.19. The van der Waals surface area contributed by atoms with Crippen LogP contribution in [0.15, 0.2) is 12.4 Å². The lowest BCUT2D eigenvalue weighted by atomic mass is 9.81. The molecule has 2 aromatic heterocycles. The van der Waals surface area contributed by atoms with Crippen LogP contribution in [0.3, 0.4) is 0 Å². The number of ether oxygens (including phenoxy) is 1. The molecule has 2 aliphatic carbocycles. The van der Waals surface area contributed by atoms with Crippen molar-refractivity contribution in [2.24, 2.45) is 11.8 Å². The van der Waals surface area contributed by atoms with E-state index in [1.807, 2.05) is 6.92 Å². The summed E-state index contributed by atoms with van der Waals surface area (Å²) in [5, 5.41) is 20.5. The molecule has 2 saturated carbocycles. The fourth-order valence-electron chi connectivity index (χ4n) is 4.49. The van der Waals surface area contributed by atoms with Crippen LogP contribution in [0.2, 0.25) is 5.02 Å². The van der Waals surface area contributed by atoms with Gasteiger partial charge in [-0.05, 0) is 64.8 Å². The van der Waals surface area contributed by atoms with Crippen molar-refractivity contribution in [2.75, 3.05) is 18.5 Å². The van der Waals surface area contributed by atoms with Crippen LogP contribution in [0.25, 0.3) is 0 Å². The van der Waals surface area contributed by atoms with E-state index in [0.29, 0.717) is 46.7 Å². The highest BCUT2D eigenvalue weighted by Crippen LogP contribution is 2.38. The highest BCUT2D eigenvalue weighted by molar-refractivity contribution is 6.31. The number of aryl methyl sites for hydroxylation is 1. The van der Waals surface area contributed by atoms with Gasteiger partial charge < -0.3 is 15.4 Å². The van der Waals surface area contributed by atoms with Crippen LogP contribution in [0.5, 0.6) is 5.88 Å². The van der Waals surface area contributed by atoms with Crippen molar-refractivity contribution >= 4 is 23.2 Å². The molecule has 0 radical (unpaired) electrons. The third kappa shape index (κ3) is 6.39. The number of hydrogen-bond acceptors (Lipinski definition) is 7. The molecule has 4 rings (SSSR count). The Hall–Kier alpha value is -2.51. The summed E-state index contributed by atoms with van der Waals surface area (Å²) in [4.78, 5) is 8.66. The number of anilines is 2. The lowest BCUT2D eigenvalue weighted by Gasteiger charge is -2.37. The number of nitriles is 1. The van der Waals surface area contributed by atoms with Crippen LogP contribution in [0.1, 0.15) is 58.1 Å². The normalized spacial score (nSPS) is 22.3. The molecule has 0 amide bonds. The smallest absolute Gasteiger partial charge is 0.251 e. The van der Waals surface area contributed by atoms with Gasteiger partial charge in [0, 0.05) is 18.9 Å². The van der Waals surface area contributed by atoms with Crippen LogP contribution in [0, 0.1) is 30.1 Å². The summed E-state index contributed by atoms with van der Waals surface area (Å²) in [6.07, 6.45) is 7.33. The van der Waals surface area contributed by atoms with Crippen molar-refractivity contribution in [3.05, 3.63) is 23.1 Å². The Kier molecular flexibility index (Phi) is 7.48. The minimum atomic E-state index is -2.47. The van der Waals surface area contributed by atoms with Gasteiger partial charge in [0.25, 0.3) is 5.92 Å². The molecule has 2 fully saturated rings. The molecule has 2 N–H and O–H groups in total. The van der Waals surface area contributed by atoms with Crippen LogP contribution in [0.4, 0.5) is 20.4 Å². The van der Waals surface area contributed by atoms with Crippen molar-refractivity contribution in [3.8, 4) is 11.9 Å². The van der Waals surface area contributed by atoms with Gasteiger partial charge in [0.05, 0.1) is 36.5 Å². The maximum atomic E-state index is 13.0. The molecule has 0 atom stereocenters. The first-order valence-corrected chi connectivity index (χ1v) is 12.4. The zero-order chi connectivity index (χ0) is 25.2. The molecular weight excluding hydrogens is 476 g/mol. The van der Waals surface area contributed by atoms with Gasteiger partial charge in [-0.25, -0.2) is 13.8 Å². The van der Waals surface area contributed by atoms with Gasteiger partial charge in [0.15, 0.2) is 0 Å². The molecule has 35 heavy (non-hydrogen) atoms. The minimum Gasteiger partial charge on any atom is -0.476 e. The quantitative estimate of drug-likeness (QED) is 0.480. The molecule has 0 aliphatic heterocycles. The molecule has 2 heterocycles. The molecule has 0 spiro atoms. The summed E-state index contributed by atoms with van der Waals surface area (Å²) in [5.74, 6) is -0.900. The Morgan fingerprint density at radius 3 is 2.60 bits per heavy atom.